The number of hydrogen-bond donors (Lipinski definition) is 0. The van der Waals surface area contributed by atoms with E-state index < -0.39 is 5.92 Å². The minimum atomic E-state index is -0.455. The van der Waals surface area contributed by atoms with Gasteiger partial charge in [0.2, 0.25) is 0 Å². The minimum absolute atomic E-state index is 0.278. The smallest absolute Gasteiger partial charge is 0.326 e. The van der Waals surface area contributed by atoms with Gasteiger partial charge in [-0.05, 0) is 18.2 Å². The molecule has 0 radical (unpaired) electrons. The molecule has 1 atom stereocenters. The van der Waals surface area contributed by atoms with Crippen LogP contribution in [0.5, 0.6) is 5.75 Å². The number of rotatable bonds is 1. The molecule has 1 aliphatic rings. The van der Waals surface area contributed by atoms with Crippen molar-refractivity contribution in [2.75, 3.05) is 0 Å². The van der Waals surface area contributed by atoms with Gasteiger partial charge in [0.15, 0.2) is 0 Å². The Hall–Kier alpha value is -2.55. The summed E-state index contributed by atoms with van der Waals surface area (Å²) in [7, 11) is 0. The summed E-state index contributed by atoms with van der Waals surface area (Å²) in [6.45, 7) is 0. The lowest BCUT2D eigenvalue weighted by atomic mass is 9.98. The van der Waals surface area contributed by atoms with Crippen LogP contribution in [0, 0.1) is 0 Å². The summed E-state index contributed by atoms with van der Waals surface area (Å²) >= 11 is 0. The topological polar surface area (TPSA) is 39.4 Å². The predicted octanol–water partition coefficient (Wildman–Crippen LogP) is 3.48. The minimum Gasteiger partial charge on any atom is -0.460 e. The Morgan fingerprint density at radius 3 is 2.63 bits per heavy atom. The molecule has 3 heteroatoms. The molecule has 0 fully saturated rings. The Morgan fingerprint density at radius 1 is 0.947 bits per heavy atom. The zero-order chi connectivity index (χ0) is 12.8. The summed E-state index contributed by atoms with van der Waals surface area (Å²) in [5.74, 6) is 0.526. The summed E-state index contributed by atoms with van der Waals surface area (Å²) in [4.78, 5) is 12.0. The van der Waals surface area contributed by atoms with E-state index in [0.717, 1.165) is 16.5 Å². The van der Waals surface area contributed by atoms with Crippen LogP contribution in [-0.2, 0) is 4.79 Å². The Morgan fingerprint density at radius 2 is 1.74 bits per heavy atom. The fourth-order valence-corrected chi connectivity index (χ4v) is 2.52. The number of para-hydroxylation sites is 2. The zero-order valence-corrected chi connectivity index (χ0v) is 10.00. The summed E-state index contributed by atoms with van der Waals surface area (Å²) in [5, 5.41) is 0.995. The number of carbonyl (C=O) groups is 1. The highest BCUT2D eigenvalue weighted by molar-refractivity contribution is 5.90. The van der Waals surface area contributed by atoms with Gasteiger partial charge in [-0.25, -0.2) is 0 Å². The van der Waals surface area contributed by atoms with Gasteiger partial charge in [-0.15, -0.1) is 0 Å². The molecule has 0 aliphatic carbocycles. The van der Waals surface area contributed by atoms with E-state index in [1.165, 1.54) is 0 Å². The molecule has 0 saturated heterocycles. The van der Waals surface area contributed by atoms with Gasteiger partial charge in [0, 0.05) is 10.9 Å². The first-order chi connectivity index (χ1) is 9.33. The van der Waals surface area contributed by atoms with Crippen molar-refractivity contribution in [3.05, 3.63) is 65.9 Å². The molecule has 0 amide bonds. The fraction of sp³-hybridized carbons (Fsp3) is 0.0625. The van der Waals surface area contributed by atoms with Crippen LogP contribution in [0.1, 0.15) is 17.2 Å². The van der Waals surface area contributed by atoms with E-state index in [9.17, 15) is 4.79 Å². The van der Waals surface area contributed by atoms with Gasteiger partial charge < -0.3 is 9.15 Å². The Labute approximate surface area is 109 Å². The van der Waals surface area contributed by atoms with Crippen molar-refractivity contribution in [3.63, 3.8) is 0 Å². The van der Waals surface area contributed by atoms with Crippen molar-refractivity contribution in [3.8, 4) is 5.75 Å². The Bertz CT molecular complexity index is 752. The molecule has 19 heavy (non-hydrogen) atoms. The molecule has 2 heterocycles. The van der Waals surface area contributed by atoms with Gasteiger partial charge in [0.05, 0.1) is 0 Å². The molecule has 1 aromatic heterocycles. The quantitative estimate of drug-likeness (QED) is 0.490. The standard InChI is InChI=1S/C16H10O3/c17-16-15(11-6-2-4-8-13(11)19-16)14-9-10-5-1-3-7-12(10)18-14/h1-9,15H. The summed E-state index contributed by atoms with van der Waals surface area (Å²) in [6, 6.07) is 17.1. The van der Waals surface area contributed by atoms with Crippen LogP contribution < -0.4 is 4.74 Å². The second-order valence-corrected chi connectivity index (χ2v) is 4.58. The molecule has 1 aliphatic heterocycles. The maximum Gasteiger partial charge on any atom is 0.326 e. The molecular weight excluding hydrogens is 240 g/mol. The number of esters is 1. The number of hydrogen-bond acceptors (Lipinski definition) is 3. The average molecular weight is 250 g/mol. The second-order valence-electron chi connectivity index (χ2n) is 4.58. The lowest BCUT2D eigenvalue weighted by Crippen LogP contribution is -2.10. The zero-order valence-electron chi connectivity index (χ0n) is 10.00. The van der Waals surface area contributed by atoms with Crippen molar-refractivity contribution >= 4 is 16.9 Å². The molecule has 0 spiro atoms. The van der Waals surface area contributed by atoms with E-state index in [1.54, 1.807) is 6.07 Å². The molecule has 3 nitrogen and oxygen atoms in total. The Kier molecular flexibility index (Phi) is 2.03. The van der Waals surface area contributed by atoms with Gasteiger partial charge >= 0.3 is 5.97 Å². The van der Waals surface area contributed by atoms with E-state index in [0.29, 0.717) is 11.5 Å². The molecule has 2 aromatic carbocycles. The van der Waals surface area contributed by atoms with E-state index in [4.69, 9.17) is 9.15 Å². The molecule has 1 unspecified atom stereocenters. The van der Waals surface area contributed by atoms with Crippen molar-refractivity contribution < 1.29 is 13.9 Å². The van der Waals surface area contributed by atoms with Crippen LogP contribution in [-0.4, -0.2) is 5.97 Å². The number of ether oxygens (including phenoxy) is 1. The normalized spacial score (nSPS) is 17.5. The van der Waals surface area contributed by atoms with Crippen molar-refractivity contribution in [1.29, 1.82) is 0 Å². The van der Waals surface area contributed by atoms with Crippen molar-refractivity contribution in [1.82, 2.24) is 0 Å². The third-order valence-electron chi connectivity index (χ3n) is 3.41. The third-order valence-corrected chi connectivity index (χ3v) is 3.41. The summed E-state index contributed by atoms with van der Waals surface area (Å²) in [5.41, 5.74) is 1.65. The number of fused-ring (bicyclic) bond motifs is 2. The summed E-state index contributed by atoms with van der Waals surface area (Å²) in [6.07, 6.45) is 0. The van der Waals surface area contributed by atoms with Gasteiger partial charge in [-0.2, -0.15) is 0 Å². The summed E-state index contributed by atoms with van der Waals surface area (Å²) < 4.78 is 11.0. The largest absolute Gasteiger partial charge is 0.460 e. The monoisotopic (exact) mass is 250 g/mol. The Balaban J connectivity index is 1.90. The van der Waals surface area contributed by atoms with Gasteiger partial charge in [-0.3, -0.25) is 4.79 Å². The number of carbonyl (C=O) groups excluding carboxylic acids is 1. The van der Waals surface area contributed by atoms with E-state index in [1.807, 2.05) is 48.5 Å². The maximum absolute atomic E-state index is 12.0. The van der Waals surface area contributed by atoms with Crippen molar-refractivity contribution in [2.45, 2.75) is 5.92 Å². The lowest BCUT2D eigenvalue weighted by Gasteiger charge is -2.02. The number of benzene rings is 2. The molecule has 92 valence electrons. The highest BCUT2D eigenvalue weighted by Crippen LogP contribution is 2.40. The van der Waals surface area contributed by atoms with Crippen LogP contribution in [0.2, 0.25) is 0 Å². The second kappa shape index (κ2) is 3.72. The molecule has 0 bridgehead atoms. The van der Waals surface area contributed by atoms with Crippen LogP contribution in [0.15, 0.2) is 59.0 Å². The van der Waals surface area contributed by atoms with Crippen LogP contribution >= 0.6 is 0 Å². The van der Waals surface area contributed by atoms with Gasteiger partial charge in [0.1, 0.15) is 23.0 Å². The molecule has 0 N–H and O–H groups in total. The van der Waals surface area contributed by atoms with Crippen molar-refractivity contribution in [2.24, 2.45) is 0 Å². The molecule has 3 aromatic rings. The van der Waals surface area contributed by atoms with Crippen LogP contribution in [0.25, 0.3) is 11.0 Å². The fourth-order valence-electron chi connectivity index (χ4n) is 2.52. The first kappa shape index (κ1) is 10.4. The first-order valence-electron chi connectivity index (χ1n) is 6.12. The molecule has 0 saturated carbocycles. The highest BCUT2D eigenvalue weighted by atomic mass is 16.5. The van der Waals surface area contributed by atoms with Gasteiger partial charge in [0.25, 0.3) is 0 Å². The van der Waals surface area contributed by atoms with Crippen LogP contribution in [0.3, 0.4) is 0 Å². The third kappa shape index (κ3) is 1.48. The SMILES string of the molecule is O=C1Oc2ccccc2C1c1cc2ccccc2o1. The van der Waals surface area contributed by atoms with E-state index >= 15 is 0 Å². The first-order valence-corrected chi connectivity index (χ1v) is 6.12. The molecule has 4 rings (SSSR count). The number of furan rings is 1. The lowest BCUT2D eigenvalue weighted by molar-refractivity contribution is -0.133. The predicted molar refractivity (Wildman–Crippen MR) is 70.1 cm³/mol. The van der Waals surface area contributed by atoms with E-state index in [-0.39, 0.29) is 5.97 Å². The highest BCUT2D eigenvalue weighted by Gasteiger charge is 2.36. The van der Waals surface area contributed by atoms with E-state index in [2.05, 4.69) is 0 Å². The van der Waals surface area contributed by atoms with Gasteiger partial charge in [-0.1, -0.05) is 36.4 Å². The van der Waals surface area contributed by atoms with Crippen LogP contribution in [0.4, 0.5) is 0 Å². The molecular formula is C16H10O3. The average Bonchev–Trinajstić information content (AvgIpc) is 2.97. The maximum atomic E-state index is 12.0.